The number of nitrogens with one attached hydrogen (secondary N) is 1. The van der Waals surface area contributed by atoms with Crippen LogP contribution in [0.25, 0.3) is 5.69 Å². The van der Waals surface area contributed by atoms with Gasteiger partial charge in [-0.25, -0.2) is 9.07 Å². The Morgan fingerprint density at radius 1 is 1.06 bits per heavy atom. The summed E-state index contributed by atoms with van der Waals surface area (Å²) in [5.74, 6) is 0.102. The van der Waals surface area contributed by atoms with Crippen LogP contribution in [-0.2, 0) is 0 Å². The van der Waals surface area contributed by atoms with Gasteiger partial charge in [0.25, 0.3) is 5.91 Å². The van der Waals surface area contributed by atoms with E-state index in [-0.39, 0.29) is 33.9 Å². The fraction of sp³-hybridized carbons (Fsp3) is 0.136. The van der Waals surface area contributed by atoms with Gasteiger partial charge in [0.2, 0.25) is 5.13 Å². The summed E-state index contributed by atoms with van der Waals surface area (Å²) in [6.07, 6.45) is 1.52. The first kappa shape index (κ1) is 23.4. The molecule has 0 bridgehead atoms. The van der Waals surface area contributed by atoms with Gasteiger partial charge in [-0.1, -0.05) is 23.1 Å². The van der Waals surface area contributed by atoms with Crippen molar-refractivity contribution in [3.05, 3.63) is 71.8 Å². The van der Waals surface area contributed by atoms with Crippen molar-refractivity contribution < 1.29 is 23.5 Å². The number of methoxy groups -OCH3 is 2. The van der Waals surface area contributed by atoms with Crippen molar-refractivity contribution in [2.75, 3.05) is 25.3 Å². The predicted molar refractivity (Wildman–Crippen MR) is 126 cm³/mol. The highest BCUT2D eigenvalue weighted by atomic mass is 32.2. The number of ketones is 1. The molecule has 1 amide bonds. The van der Waals surface area contributed by atoms with Crippen molar-refractivity contribution in [3.8, 4) is 17.2 Å². The number of carbonyl (C=O) groups is 2. The molecule has 12 heteroatoms. The number of aromatic nitrogens is 4. The van der Waals surface area contributed by atoms with Gasteiger partial charge in [-0.2, -0.15) is 5.10 Å². The molecule has 9 nitrogen and oxygen atoms in total. The number of nitrogens with zero attached hydrogens (tertiary/aromatic N) is 4. The maximum atomic E-state index is 13.2. The number of carbonyl (C=O) groups excluding carboxylic acids is 2. The number of thioether (sulfide) groups is 1. The Bertz CT molecular complexity index is 1310. The molecule has 0 saturated carbocycles. The number of halogens is 1. The third-order valence-corrected chi connectivity index (χ3v) is 6.54. The molecule has 1 N–H and O–H groups in total. The largest absolute Gasteiger partial charge is 0.497 e. The Morgan fingerprint density at radius 2 is 1.79 bits per heavy atom. The van der Waals surface area contributed by atoms with E-state index >= 15 is 0 Å². The minimum atomic E-state index is -0.542. The number of rotatable bonds is 9. The lowest BCUT2D eigenvalue weighted by atomic mass is 10.1. The second-order valence-electron chi connectivity index (χ2n) is 6.73. The maximum absolute atomic E-state index is 13.2. The van der Waals surface area contributed by atoms with E-state index in [0.717, 1.165) is 11.3 Å². The molecular weight excluding hydrogens is 481 g/mol. The summed E-state index contributed by atoms with van der Waals surface area (Å²) >= 11 is 2.36. The highest BCUT2D eigenvalue weighted by Crippen LogP contribution is 2.28. The second-order valence-corrected chi connectivity index (χ2v) is 8.93. The van der Waals surface area contributed by atoms with Gasteiger partial charge in [-0.3, -0.25) is 14.9 Å². The average molecular weight is 500 g/mol. The molecule has 4 rings (SSSR count). The molecule has 0 radical (unpaired) electrons. The van der Waals surface area contributed by atoms with Crippen LogP contribution in [0.15, 0.2) is 59.1 Å². The Morgan fingerprint density at radius 3 is 2.47 bits per heavy atom. The van der Waals surface area contributed by atoms with Gasteiger partial charge in [0.05, 0.1) is 31.9 Å². The van der Waals surface area contributed by atoms with Gasteiger partial charge < -0.3 is 9.47 Å². The van der Waals surface area contributed by atoms with Gasteiger partial charge in [0.15, 0.2) is 21.6 Å². The second kappa shape index (κ2) is 10.4. The van der Waals surface area contributed by atoms with Gasteiger partial charge in [-0.05, 0) is 48.5 Å². The summed E-state index contributed by atoms with van der Waals surface area (Å²) < 4.78 is 25.5. The summed E-state index contributed by atoms with van der Waals surface area (Å²) in [5.41, 5.74) is 1.16. The molecule has 0 atom stereocenters. The van der Waals surface area contributed by atoms with Crippen LogP contribution in [0.5, 0.6) is 11.5 Å². The smallest absolute Gasteiger partial charge is 0.281 e. The molecule has 0 saturated heterocycles. The minimum Gasteiger partial charge on any atom is -0.497 e. The molecule has 0 aliphatic carbocycles. The van der Waals surface area contributed by atoms with E-state index in [0.29, 0.717) is 21.3 Å². The summed E-state index contributed by atoms with van der Waals surface area (Å²) in [6.45, 7) is 0. The molecule has 0 unspecified atom stereocenters. The minimum absolute atomic E-state index is 0.0333. The van der Waals surface area contributed by atoms with E-state index in [2.05, 4.69) is 20.6 Å². The fourth-order valence-electron chi connectivity index (χ4n) is 2.85. The summed E-state index contributed by atoms with van der Waals surface area (Å²) in [6, 6.07) is 12.5. The van der Waals surface area contributed by atoms with Crippen molar-refractivity contribution in [2.45, 2.75) is 4.34 Å². The van der Waals surface area contributed by atoms with E-state index in [4.69, 9.17) is 9.47 Å². The summed E-state index contributed by atoms with van der Waals surface area (Å²) in [4.78, 5) is 25.1. The number of benzene rings is 2. The molecule has 0 aliphatic rings. The molecule has 0 spiro atoms. The van der Waals surface area contributed by atoms with Gasteiger partial charge in [-0.15, -0.1) is 10.2 Å². The first-order valence-electron chi connectivity index (χ1n) is 9.81. The van der Waals surface area contributed by atoms with Crippen molar-refractivity contribution in [2.24, 2.45) is 0 Å². The van der Waals surface area contributed by atoms with E-state index in [1.165, 1.54) is 54.0 Å². The molecule has 34 heavy (non-hydrogen) atoms. The monoisotopic (exact) mass is 499 g/mol. The fourth-order valence-corrected chi connectivity index (χ4v) is 4.49. The zero-order chi connectivity index (χ0) is 24.1. The number of hydrogen-bond donors (Lipinski definition) is 1. The Balaban J connectivity index is 1.39. The molecule has 0 aliphatic heterocycles. The van der Waals surface area contributed by atoms with Crippen LogP contribution in [0.2, 0.25) is 0 Å². The van der Waals surface area contributed by atoms with Crippen molar-refractivity contribution in [1.29, 1.82) is 0 Å². The zero-order valence-corrected chi connectivity index (χ0v) is 19.7. The molecule has 0 fully saturated rings. The normalized spacial score (nSPS) is 10.7. The standard InChI is InChI=1S/C22H18FN5O4S2/c1-31-16-9-3-13(4-10-16)17(29)12-33-22-26-25-21(34-22)24-20(30)19-18(32-2)11-28(27-19)15-7-5-14(23)6-8-15/h3-11H,12H2,1-2H3,(H,24,25,30). The lowest BCUT2D eigenvalue weighted by Crippen LogP contribution is -2.14. The van der Waals surface area contributed by atoms with Gasteiger partial charge >= 0.3 is 0 Å². The first-order valence-corrected chi connectivity index (χ1v) is 11.6. The van der Waals surface area contributed by atoms with Crippen molar-refractivity contribution >= 4 is 39.9 Å². The van der Waals surface area contributed by atoms with E-state index in [9.17, 15) is 14.0 Å². The number of ether oxygens (including phenoxy) is 2. The van der Waals surface area contributed by atoms with Crippen LogP contribution < -0.4 is 14.8 Å². The third-order valence-electron chi connectivity index (χ3n) is 4.57. The van der Waals surface area contributed by atoms with Gasteiger partial charge in [0.1, 0.15) is 11.6 Å². The lowest BCUT2D eigenvalue weighted by molar-refractivity contribution is 0.101. The van der Waals surface area contributed by atoms with Crippen LogP contribution >= 0.6 is 23.1 Å². The predicted octanol–water partition coefficient (Wildman–Crippen LogP) is 4.11. The number of amides is 1. The highest BCUT2D eigenvalue weighted by molar-refractivity contribution is 8.01. The number of anilines is 1. The molecule has 4 aromatic rings. The highest BCUT2D eigenvalue weighted by Gasteiger charge is 2.20. The molecule has 174 valence electrons. The van der Waals surface area contributed by atoms with E-state index in [1.807, 2.05) is 0 Å². The lowest BCUT2D eigenvalue weighted by Gasteiger charge is -2.02. The molecule has 2 aromatic carbocycles. The molecular formula is C22H18FN5O4S2. The average Bonchev–Trinajstić information content (AvgIpc) is 3.50. The van der Waals surface area contributed by atoms with Crippen LogP contribution in [-0.4, -0.2) is 51.6 Å². The Kier molecular flexibility index (Phi) is 7.18. The quantitative estimate of drug-likeness (QED) is 0.208. The van der Waals surface area contributed by atoms with Crippen LogP contribution in [0, 0.1) is 5.82 Å². The third kappa shape index (κ3) is 5.41. The topological polar surface area (TPSA) is 108 Å². The summed E-state index contributed by atoms with van der Waals surface area (Å²) in [5, 5.41) is 15.1. The number of hydrogen-bond acceptors (Lipinski definition) is 9. The Hall–Kier alpha value is -3.77. The van der Waals surface area contributed by atoms with Crippen LogP contribution in [0.3, 0.4) is 0 Å². The Labute approximate surface area is 201 Å². The first-order chi connectivity index (χ1) is 16.5. The van der Waals surface area contributed by atoms with Gasteiger partial charge in [0, 0.05) is 5.56 Å². The van der Waals surface area contributed by atoms with Crippen molar-refractivity contribution in [1.82, 2.24) is 20.0 Å². The zero-order valence-electron chi connectivity index (χ0n) is 18.0. The molecule has 2 aromatic heterocycles. The molecule has 2 heterocycles. The maximum Gasteiger partial charge on any atom is 0.281 e. The van der Waals surface area contributed by atoms with Crippen LogP contribution in [0.1, 0.15) is 20.8 Å². The van der Waals surface area contributed by atoms with Crippen molar-refractivity contribution in [3.63, 3.8) is 0 Å². The van der Waals surface area contributed by atoms with E-state index in [1.54, 1.807) is 31.4 Å². The SMILES string of the molecule is COc1ccc(C(=O)CSc2nnc(NC(=O)c3nn(-c4ccc(F)cc4)cc3OC)s2)cc1. The van der Waals surface area contributed by atoms with E-state index < -0.39 is 5.91 Å². The summed E-state index contributed by atoms with van der Waals surface area (Å²) in [7, 11) is 2.98. The number of Topliss-reactive ketones (excluding diaryl/α,β-unsaturated/α-hetero) is 1. The van der Waals surface area contributed by atoms with Crippen LogP contribution in [0.4, 0.5) is 9.52 Å².